The molecule has 0 aliphatic carbocycles. The maximum absolute atomic E-state index is 12.1. The maximum Gasteiger partial charge on any atom is 0.573 e. The Hall–Kier alpha value is -0.970. The molecule has 0 saturated heterocycles. The molecule has 0 aliphatic rings. The quantitative estimate of drug-likeness (QED) is 0.748. The van der Waals surface area contributed by atoms with Crippen LogP contribution in [0.3, 0.4) is 0 Å². The highest BCUT2D eigenvalue weighted by Crippen LogP contribution is 2.36. The summed E-state index contributed by atoms with van der Waals surface area (Å²) in [6.45, 7) is 7.28. The second-order valence-electron chi connectivity index (χ2n) is 3.05. The van der Waals surface area contributed by atoms with E-state index in [2.05, 4.69) is 34.2 Å². The molecule has 0 N–H and O–H groups in total. The van der Waals surface area contributed by atoms with E-state index >= 15 is 0 Å². The van der Waals surface area contributed by atoms with E-state index in [1.54, 1.807) is 6.07 Å². The van der Waals surface area contributed by atoms with Crippen LogP contribution in [-0.2, 0) is 0 Å². The van der Waals surface area contributed by atoms with Crippen LogP contribution in [0.5, 0.6) is 5.75 Å². The first-order valence-corrected chi connectivity index (χ1v) is 5.14. The van der Waals surface area contributed by atoms with Crippen LogP contribution in [-0.4, -0.2) is 6.36 Å². The van der Waals surface area contributed by atoms with E-state index in [0.717, 1.165) is 0 Å². The van der Waals surface area contributed by atoms with Crippen LogP contribution in [0.4, 0.5) is 13.2 Å². The Morgan fingerprint density at radius 3 is 2.50 bits per heavy atom. The molecule has 0 fully saturated rings. The fourth-order valence-corrected chi connectivity index (χ4v) is 1.78. The third kappa shape index (κ3) is 3.27. The van der Waals surface area contributed by atoms with Gasteiger partial charge >= 0.3 is 6.36 Å². The fourth-order valence-electron chi connectivity index (χ4n) is 1.14. The van der Waals surface area contributed by atoms with Gasteiger partial charge in [-0.15, -0.1) is 19.8 Å². The average Bonchev–Trinajstić information content (AvgIpc) is 2.18. The van der Waals surface area contributed by atoms with Crippen molar-refractivity contribution in [1.29, 1.82) is 0 Å². The summed E-state index contributed by atoms with van der Waals surface area (Å²) in [6.07, 6.45) is -3.16. The Morgan fingerprint density at radius 1 is 1.38 bits per heavy atom. The highest BCUT2D eigenvalue weighted by atomic mass is 79.9. The second kappa shape index (κ2) is 4.91. The molecule has 1 rings (SSSR count). The zero-order valence-corrected chi connectivity index (χ0v) is 9.81. The van der Waals surface area contributed by atoms with Crippen LogP contribution in [0.15, 0.2) is 35.3 Å². The number of ether oxygens (including phenoxy) is 1. The summed E-state index contributed by atoms with van der Waals surface area (Å²) in [5, 5.41) is 0. The van der Waals surface area contributed by atoms with Crippen molar-refractivity contribution in [2.24, 2.45) is 0 Å². The first-order chi connectivity index (χ1) is 7.35. The summed E-state index contributed by atoms with van der Waals surface area (Å²) in [6, 6.07) is 4.37. The van der Waals surface area contributed by atoms with Crippen LogP contribution in [0.1, 0.15) is 11.5 Å². The monoisotopic (exact) mass is 293 g/mol. The Labute approximate surface area is 100 Å². The van der Waals surface area contributed by atoms with Crippen molar-refractivity contribution in [2.75, 3.05) is 0 Å². The van der Waals surface area contributed by atoms with E-state index in [1.807, 2.05) is 0 Å². The van der Waals surface area contributed by atoms with Crippen molar-refractivity contribution in [1.82, 2.24) is 0 Å². The molecule has 0 heterocycles. The van der Waals surface area contributed by atoms with Crippen molar-refractivity contribution >= 4 is 15.9 Å². The number of rotatable bonds is 3. The lowest BCUT2D eigenvalue weighted by molar-refractivity contribution is -0.274. The van der Waals surface area contributed by atoms with Gasteiger partial charge in [0.15, 0.2) is 0 Å². The van der Waals surface area contributed by atoms with Crippen LogP contribution in [0.2, 0.25) is 0 Å². The highest BCUT2D eigenvalue weighted by molar-refractivity contribution is 9.10. The molecule has 1 radical (unpaired) electrons. The molecule has 0 bridgehead atoms. The smallest absolute Gasteiger partial charge is 0.405 e. The Bertz CT molecular complexity index is 387. The van der Waals surface area contributed by atoms with Gasteiger partial charge in [0.1, 0.15) is 5.75 Å². The minimum atomic E-state index is -4.70. The lowest BCUT2D eigenvalue weighted by Gasteiger charge is -2.14. The topological polar surface area (TPSA) is 9.23 Å². The summed E-state index contributed by atoms with van der Waals surface area (Å²) in [7, 11) is 0. The molecule has 1 aromatic rings. The predicted octanol–water partition coefficient (Wildman–Crippen LogP) is 4.45. The molecule has 1 aromatic carbocycles. The van der Waals surface area contributed by atoms with Crippen LogP contribution in [0.25, 0.3) is 0 Å². The van der Waals surface area contributed by atoms with Crippen molar-refractivity contribution in [3.05, 3.63) is 47.8 Å². The van der Waals surface area contributed by atoms with Gasteiger partial charge in [-0.3, -0.25) is 0 Å². The van der Waals surface area contributed by atoms with Crippen molar-refractivity contribution in [3.8, 4) is 5.75 Å². The maximum atomic E-state index is 12.1. The lowest BCUT2D eigenvalue weighted by atomic mass is 10.0. The molecule has 0 aromatic heterocycles. The second-order valence-corrected chi connectivity index (χ2v) is 3.84. The van der Waals surface area contributed by atoms with E-state index < -0.39 is 6.36 Å². The summed E-state index contributed by atoms with van der Waals surface area (Å²) in [5.41, 5.74) is 0.594. The third-order valence-electron chi connectivity index (χ3n) is 1.90. The molecule has 0 spiro atoms. The van der Waals surface area contributed by atoms with Gasteiger partial charge in [-0.2, -0.15) is 0 Å². The van der Waals surface area contributed by atoms with Gasteiger partial charge in [-0.25, -0.2) is 0 Å². The van der Waals surface area contributed by atoms with E-state index in [1.165, 1.54) is 18.2 Å². The number of halogens is 4. The molecule has 0 aliphatic heterocycles. The molecule has 0 saturated carbocycles. The molecular formula is C11H9BrF3O. The number of hydrogen-bond donors (Lipinski definition) is 0. The van der Waals surface area contributed by atoms with Crippen LogP contribution in [0, 0.1) is 6.92 Å². The Morgan fingerprint density at radius 2 is 2.00 bits per heavy atom. The SMILES string of the molecule is [CH2]C(C=C)c1cccc(OC(F)(F)F)c1Br. The average molecular weight is 294 g/mol. The van der Waals surface area contributed by atoms with Gasteiger partial charge in [0.2, 0.25) is 0 Å². The molecule has 5 heteroatoms. The number of alkyl halides is 3. The Balaban J connectivity index is 3.09. The molecule has 87 valence electrons. The molecule has 1 nitrogen and oxygen atoms in total. The highest BCUT2D eigenvalue weighted by Gasteiger charge is 2.32. The minimum absolute atomic E-state index is 0.243. The van der Waals surface area contributed by atoms with Crippen molar-refractivity contribution in [3.63, 3.8) is 0 Å². The number of hydrogen-bond acceptors (Lipinski definition) is 1. The lowest BCUT2D eigenvalue weighted by Crippen LogP contribution is -2.17. The van der Waals surface area contributed by atoms with E-state index in [4.69, 9.17) is 0 Å². The van der Waals surface area contributed by atoms with E-state index in [0.29, 0.717) is 5.56 Å². The largest absolute Gasteiger partial charge is 0.573 e. The van der Waals surface area contributed by atoms with Gasteiger partial charge in [-0.1, -0.05) is 18.2 Å². The summed E-state index contributed by atoms with van der Waals surface area (Å²) in [4.78, 5) is 0. The fraction of sp³-hybridized carbons (Fsp3) is 0.182. The first kappa shape index (κ1) is 13.1. The molecular weight excluding hydrogens is 285 g/mol. The Kier molecular flexibility index (Phi) is 4.02. The van der Waals surface area contributed by atoms with Gasteiger partial charge in [0.05, 0.1) is 4.47 Å². The van der Waals surface area contributed by atoms with Gasteiger partial charge in [-0.05, 0) is 34.5 Å². The normalized spacial score (nSPS) is 13.3. The van der Waals surface area contributed by atoms with E-state index in [-0.39, 0.29) is 16.1 Å². The zero-order valence-electron chi connectivity index (χ0n) is 8.22. The standard InChI is InChI=1S/C11H9BrF3O/c1-3-7(2)8-5-4-6-9(10(8)12)16-11(13,14)15/h3-7H,1-2H2. The minimum Gasteiger partial charge on any atom is -0.405 e. The summed E-state index contributed by atoms with van der Waals surface area (Å²) < 4.78 is 40.3. The van der Waals surface area contributed by atoms with Crippen LogP contribution < -0.4 is 4.74 Å². The van der Waals surface area contributed by atoms with Gasteiger partial charge in [0, 0.05) is 5.92 Å². The molecule has 1 unspecified atom stereocenters. The summed E-state index contributed by atoms with van der Waals surface area (Å²) in [5.74, 6) is -0.577. The van der Waals surface area contributed by atoms with Crippen LogP contribution >= 0.6 is 15.9 Å². The first-order valence-electron chi connectivity index (χ1n) is 4.35. The van der Waals surface area contributed by atoms with Gasteiger partial charge < -0.3 is 4.74 Å². The van der Waals surface area contributed by atoms with Gasteiger partial charge in [0.25, 0.3) is 0 Å². The van der Waals surface area contributed by atoms with E-state index in [9.17, 15) is 13.2 Å². The third-order valence-corrected chi connectivity index (χ3v) is 2.75. The molecule has 0 amide bonds. The molecule has 16 heavy (non-hydrogen) atoms. The van der Waals surface area contributed by atoms with Crippen molar-refractivity contribution in [2.45, 2.75) is 12.3 Å². The number of benzene rings is 1. The van der Waals surface area contributed by atoms with Crippen molar-refractivity contribution < 1.29 is 17.9 Å². The summed E-state index contributed by atoms with van der Waals surface area (Å²) >= 11 is 3.06. The zero-order chi connectivity index (χ0) is 12.3. The molecule has 1 atom stereocenters. The number of allylic oxidation sites excluding steroid dienone is 1. The predicted molar refractivity (Wildman–Crippen MR) is 59.1 cm³/mol.